The minimum Gasteiger partial charge on any atom is -0.481 e. The molecule has 0 aromatic heterocycles. The minimum atomic E-state index is -3.93. The van der Waals surface area contributed by atoms with Crippen LogP contribution in [-0.4, -0.2) is 31.0 Å². The molecule has 116 valence electrons. The van der Waals surface area contributed by atoms with Crippen LogP contribution in [0.5, 0.6) is 0 Å². The van der Waals surface area contributed by atoms with Crippen LogP contribution in [0.2, 0.25) is 0 Å². The lowest BCUT2D eigenvalue weighted by Gasteiger charge is -2.12. The van der Waals surface area contributed by atoms with Crippen molar-refractivity contribution in [2.24, 2.45) is 5.92 Å². The summed E-state index contributed by atoms with van der Waals surface area (Å²) >= 11 is 0. The molecular weight excluding hydrogens is 300 g/mol. The van der Waals surface area contributed by atoms with E-state index >= 15 is 0 Å². The average molecular weight is 316 g/mol. The highest BCUT2D eigenvalue weighted by Gasteiger charge is 2.21. The Hall–Kier alpha value is -2.00. The lowest BCUT2D eigenvalue weighted by molar-refractivity contribution is -0.385. The Labute approximate surface area is 122 Å². The molecule has 8 nitrogen and oxygen atoms in total. The number of aryl methyl sites for hydroxylation is 1. The third kappa shape index (κ3) is 4.80. The molecule has 0 saturated heterocycles. The van der Waals surface area contributed by atoms with Crippen LogP contribution in [0.1, 0.15) is 18.9 Å². The van der Waals surface area contributed by atoms with Gasteiger partial charge in [0.25, 0.3) is 5.69 Å². The van der Waals surface area contributed by atoms with Crippen LogP contribution >= 0.6 is 0 Å². The number of non-ortho nitro benzene ring substituents is 1. The van der Waals surface area contributed by atoms with Crippen molar-refractivity contribution in [2.75, 3.05) is 6.54 Å². The first-order chi connectivity index (χ1) is 9.63. The first kappa shape index (κ1) is 17.1. The molecular formula is C12H16N2O6S. The van der Waals surface area contributed by atoms with E-state index in [4.69, 9.17) is 5.11 Å². The normalized spacial score (nSPS) is 12.9. The highest BCUT2D eigenvalue weighted by Crippen LogP contribution is 2.21. The largest absolute Gasteiger partial charge is 0.481 e. The second-order valence-corrected chi connectivity index (χ2v) is 6.50. The van der Waals surface area contributed by atoms with E-state index in [0.29, 0.717) is 5.56 Å². The molecule has 0 amide bonds. The van der Waals surface area contributed by atoms with Crippen molar-refractivity contribution in [3.8, 4) is 0 Å². The molecule has 9 heteroatoms. The number of rotatable bonds is 7. The molecule has 1 rings (SSSR count). The van der Waals surface area contributed by atoms with Crippen molar-refractivity contribution < 1.29 is 23.2 Å². The van der Waals surface area contributed by atoms with E-state index in [-0.39, 0.29) is 23.5 Å². The van der Waals surface area contributed by atoms with Gasteiger partial charge in [-0.15, -0.1) is 0 Å². The summed E-state index contributed by atoms with van der Waals surface area (Å²) in [6.07, 6.45) is -0.170. The molecule has 0 aliphatic heterocycles. The van der Waals surface area contributed by atoms with Gasteiger partial charge in [-0.1, -0.05) is 13.0 Å². The Balaban J connectivity index is 2.95. The predicted octanol–water partition coefficient (Wildman–Crippen LogP) is 1.29. The van der Waals surface area contributed by atoms with Gasteiger partial charge in [0.1, 0.15) is 0 Å². The van der Waals surface area contributed by atoms with Crippen LogP contribution < -0.4 is 4.72 Å². The molecule has 0 aliphatic rings. The minimum absolute atomic E-state index is 0.0588. The fourth-order valence-corrected chi connectivity index (χ4v) is 3.12. The quantitative estimate of drug-likeness (QED) is 0.576. The van der Waals surface area contributed by atoms with Gasteiger partial charge in [0.15, 0.2) is 0 Å². The van der Waals surface area contributed by atoms with Gasteiger partial charge in [-0.05, 0) is 18.4 Å². The Morgan fingerprint density at radius 3 is 2.62 bits per heavy atom. The van der Waals surface area contributed by atoms with E-state index in [2.05, 4.69) is 4.72 Å². The van der Waals surface area contributed by atoms with E-state index < -0.39 is 26.8 Å². The highest BCUT2D eigenvalue weighted by atomic mass is 32.2. The summed E-state index contributed by atoms with van der Waals surface area (Å²) < 4.78 is 26.5. The molecule has 1 atom stereocenters. The summed E-state index contributed by atoms with van der Waals surface area (Å²) in [5.41, 5.74) is 0.0542. The van der Waals surface area contributed by atoms with Crippen LogP contribution in [0, 0.1) is 23.0 Å². The van der Waals surface area contributed by atoms with Crippen molar-refractivity contribution in [2.45, 2.75) is 25.2 Å². The number of hydrogen-bond donors (Lipinski definition) is 2. The van der Waals surface area contributed by atoms with Crippen molar-refractivity contribution in [3.63, 3.8) is 0 Å². The van der Waals surface area contributed by atoms with Gasteiger partial charge < -0.3 is 5.11 Å². The number of aliphatic carboxylic acids is 1. The maximum Gasteiger partial charge on any atom is 0.303 e. The van der Waals surface area contributed by atoms with E-state index in [0.717, 1.165) is 6.07 Å². The molecule has 1 aromatic carbocycles. The first-order valence-corrected chi connectivity index (χ1v) is 7.58. The fraction of sp³-hybridized carbons (Fsp3) is 0.417. The molecule has 0 heterocycles. The summed E-state index contributed by atoms with van der Waals surface area (Å²) in [5.74, 6) is -1.41. The van der Waals surface area contributed by atoms with Crippen molar-refractivity contribution >= 4 is 21.7 Å². The van der Waals surface area contributed by atoms with Crippen molar-refractivity contribution in [1.82, 2.24) is 4.72 Å². The first-order valence-electron chi connectivity index (χ1n) is 6.10. The van der Waals surface area contributed by atoms with Crippen molar-refractivity contribution in [1.29, 1.82) is 0 Å². The van der Waals surface area contributed by atoms with Gasteiger partial charge in [0.2, 0.25) is 10.0 Å². The summed E-state index contributed by atoms with van der Waals surface area (Å²) in [7, 11) is -3.93. The molecule has 0 saturated carbocycles. The molecule has 2 N–H and O–H groups in total. The number of nitro benzene ring substituents is 1. The second-order valence-electron chi connectivity index (χ2n) is 4.76. The maximum atomic E-state index is 12.1. The van der Waals surface area contributed by atoms with Gasteiger partial charge in [0.05, 0.1) is 9.82 Å². The average Bonchev–Trinajstić information content (AvgIpc) is 2.35. The van der Waals surface area contributed by atoms with Crippen LogP contribution in [0.15, 0.2) is 23.1 Å². The zero-order valence-corrected chi connectivity index (χ0v) is 12.4. The van der Waals surface area contributed by atoms with E-state index in [1.54, 1.807) is 6.92 Å². The van der Waals surface area contributed by atoms with Gasteiger partial charge >= 0.3 is 5.97 Å². The second kappa shape index (κ2) is 6.64. The van der Waals surface area contributed by atoms with Gasteiger partial charge in [-0.3, -0.25) is 14.9 Å². The summed E-state index contributed by atoms with van der Waals surface area (Å²) in [4.78, 5) is 20.4. The van der Waals surface area contributed by atoms with E-state index in [1.807, 2.05) is 0 Å². The molecule has 1 aromatic rings. The van der Waals surface area contributed by atoms with Crippen molar-refractivity contribution in [3.05, 3.63) is 33.9 Å². The van der Waals surface area contributed by atoms with E-state index in [9.17, 15) is 23.3 Å². The third-order valence-corrected chi connectivity index (χ3v) is 4.38. The zero-order valence-electron chi connectivity index (χ0n) is 11.6. The van der Waals surface area contributed by atoms with Gasteiger partial charge in [-0.2, -0.15) is 0 Å². The number of hydrogen-bond acceptors (Lipinski definition) is 5. The molecule has 0 radical (unpaired) electrons. The topological polar surface area (TPSA) is 127 Å². The lowest BCUT2D eigenvalue weighted by Crippen LogP contribution is -2.29. The van der Waals surface area contributed by atoms with Crippen LogP contribution in [-0.2, 0) is 14.8 Å². The lowest BCUT2D eigenvalue weighted by atomic mass is 10.1. The number of nitro groups is 1. The number of carboxylic acid groups (broad SMARTS) is 1. The molecule has 1 unspecified atom stereocenters. The summed E-state index contributed by atoms with van der Waals surface area (Å²) in [6.45, 7) is 3.06. The number of carbonyl (C=O) groups is 1. The van der Waals surface area contributed by atoms with Gasteiger partial charge in [-0.25, -0.2) is 13.1 Å². The standard InChI is InChI=1S/C12H16N2O6S/c1-8(5-12(15)16)7-13-21(19,20)11-6-10(14(17)18)4-3-9(11)2/h3-4,6,8,13H,5,7H2,1-2H3,(H,15,16). The van der Waals surface area contributed by atoms with E-state index in [1.165, 1.54) is 19.1 Å². The Morgan fingerprint density at radius 2 is 2.10 bits per heavy atom. The number of nitrogens with zero attached hydrogens (tertiary/aromatic N) is 1. The molecule has 21 heavy (non-hydrogen) atoms. The monoisotopic (exact) mass is 316 g/mol. The molecule has 0 aliphatic carbocycles. The smallest absolute Gasteiger partial charge is 0.303 e. The van der Waals surface area contributed by atoms with Gasteiger partial charge in [0, 0.05) is 25.1 Å². The third-order valence-electron chi connectivity index (χ3n) is 2.82. The fourth-order valence-electron chi connectivity index (χ4n) is 1.69. The molecule has 0 spiro atoms. The highest BCUT2D eigenvalue weighted by molar-refractivity contribution is 7.89. The Morgan fingerprint density at radius 1 is 1.48 bits per heavy atom. The molecule has 0 bridgehead atoms. The number of nitrogens with one attached hydrogen (secondary N) is 1. The zero-order chi connectivity index (χ0) is 16.2. The summed E-state index contributed by atoms with van der Waals surface area (Å²) in [6, 6.07) is 3.56. The molecule has 0 fully saturated rings. The van der Waals surface area contributed by atoms with Crippen LogP contribution in [0.25, 0.3) is 0 Å². The Kier molecular flexibility index (Phi) is 5.39. The Bertz CT molecular complexity index is 656. The maximum absolute atomic E-state index is 12.1. The number of carboxylic acids is 1. The summed E-state index contributed by atoms with van der Waals surface area (Å²) in [5, 5.41) is 19.3. The number of sulfonamides is 1. The van der Waals surface area contributed by atoms with Crippen LogP contribution in [0.4, 0.5) is 5.69 Å². The number of benzene rings is 1. The SMILES string of the molecule is Cc1ccc([N+](=O)[O-])cc1S(=O)(=O)NCC(C)CC(=O)O. The van der Waals surface area contributed by atoms with Crippen LogP contribution in [0.3, 0.4) is 0 Å². The predicted molar refractivity (Wildman–Crippen MR) is 74.4 cm³/mol.